The minimum Gasteiger partial charge on any atom is -0.380 e. The molecule has 2 aromatic carbocycles. The Kier molecular flexibility index (Phi) is 3.84. The lowest BCUT2D eigenvalue weighted by Gasteiger charge is -2.09. The van der Waals surface area contributed by atoms with Crippen molar-refractivity contribution >= 4 is 0 Å². The summed E-state index contributed by atoms with van der Waals surface area (Å²) in [7, 11) is 1.97. The molecular formula is C18H19N2O+. The lowest BCUT2D eigenvalue weighted by molar-refractivity contribution is -0.671. The van der Waals surface area contributed by atoms with E-state index in [1.54, 1.807) is 0 Å². The fourth-order valence-electron chi connectivity index (χ4n) is 2.55. The topological polar surface area (TPSA) is 29.0 Å². The Labute approximate surface area is 124 Å². The summed E-state index contributed by atoms with van der Waals surface area (Å²) in [5, 5.41) is 10.6. The van der Waals surface area contributed by atoms with Crippen LogP contribution in [-0.4, -0.2) is 9.67 Å². The minimum absolute atomic E-state index is 0.615. The van der Waals surface area contributed by atoms with Crippen LogP contribution in [0.5, 0.6) is 0 Å². The summed E-state index contributed by atoms with van der Waals surface area (Å²) < 4.78 is 4.07. The molecule has 0 saturated heterocycles. The highest BCUT2D eigenvalue weighted by Crippen LogP contribution is 2.21. The summed E-state index contributed by atoms with van der Waals surface area (Å²) in [6.45, 7) is 0.751. The molecular weight excluding hydrogens is 260 g/mol. The highest BCUT2D eigenvalue weighted by Gasteiger charge is 2.21. The molecule has 3 nitrogen and oxygen atoms in total. The van der Waals surface area contributed by atoms with Crippen LogP contribution in [0.1, 0.15) is 22.9 Å². The zero-order valence-corrected chi connectivity index (χ0v) is 12.1. The standard InChI is InChI=1S/C18H19N2O/c1-19-13-17(18(21)16-10-6-3-7-11-16)20(14-19)12-15-8-4-2-5-9-15/h2-11,13-14,18,21H,12H2,1H3/q+1/t18-/m0/s1. The molecule has 3 aromatic rings. The summed E-state index contributed by atoms with van der Waals surface area (Å²) in [5.41, 5.74) is 3.02. The number of hydrogen-bond donors (Lipinski definition) is 1. The van der Waals surface area contributed by atoms with Crippen LogP contribution in [0.15, 0.2) is 73.2 Å². The van der Waals surface area contributed by atoms with Gasteiger partial charge in [-0.15, -0.1) is 0 Å². The van der Waals surface area contributed by atoms with E-state index in [9.17, 15) is 5.11 Å². The summed E-state index contributed by atoms with van der Waals surface area (Å²) >= 11 is 0. The van der Waals surface area contributed by atoms with E-state index in [2.05, 4.69) is 16.7 Å². The number of aromatic nitrogens is 2. The monoisotopic (exact) mass is 279 g/mol. The van der Waals surface area contributed by atoms with Crippen LogP contribution in [0.2, 0.25) is 0 Å². The van der Waals surface area contributed by atoms with Crippen molar-refractivity contribution in [1.82, 2.24) is 4.57 Å². The normalized spacial score (nSPS) is 12.3. The van der Waals surface area contributed by atoms with Crippen molar-refractivity contribution in [3.05, 3.63) is 90.0 Å². The Balaban J connectivity index is 1.93. The SMILES string of the molecule is C[n+]1cc([C@@H](O)c2ccccc2)n(Cc2ccccc2)c1. The van der Waals surface area contributed by atoms with E-state index in [4.69, 9.17) is 0 Å². The second-order valence-corrected chi connectivity index (χ2v) is 5.26. The van der Waals surface area contributed by atoms with Crippen molar-refractivity contribution < 1.29 is 9.67 Å². The van der Waals surface area contributed by atoms with E-state index in [0.29, 0.717) is 0 Å². The first-order chi connectivity index (χ1) is 10.2. The zero-order chi connectivity index (χ0) is 14.7. The molecule has 1 atom stereocenters. The van der Waals surface area contributed by atoms with Crippen LogP contribution in [0.25, 0.3) is 0 Å². The third-order valence-corrected chi connectivity index (χ3v) is 3.58. The van der Waals surface area contributed by atoms with Gasteiger partial charge in [0, 0.05) is 0 Å². The molecule has 1 heterocycles. The molecule has 0 aliphatic heterocycles. The van der Waals surface area contributed by atoms with Gasteiger partial charge in [-0.2, -0.15) is 0 Å². The van der Waals surface area contributed by atoms with Gasteiger partial charge in [-0.05, 0) is 11.1 Å². The van der Waals surface area contributed by atoms with Gasteiger partial charge in [-0.1, -0.05) is 60.7 Å². The molecule has 0 spiro atoms. The van der Waals surface area contributed by atoms with Gasteiger partial charge in [0.15, 0.2) is 5.69 Å². The number of imidazole rings is 1. The Morgan fingerprint density at radius 1 is 1.00 bits per heavy atom. The Morgan fingerprint density at radius 2 is 1.62 bits per heavy atom. The fraction of sp³-hybridized carbons (Fsp3) is 0.167. The van der Waals surface area contributed by atoms with E-state index in [-0.39, 0.29) is 0 Å². The molecule has 3 rings (SSSR count). The van der Waals surface area contributed by atoms with Crippen molar-refractivity contribution in [2.75, 3.05) is 0 Å². The minimum atomic E-state index is -0.615. The molecule has 0 bridgehead atoms. The third kappa shape index (κ3) is 3.03. The van der Waals surface area contributed by atoms with Gasteiger partial charge in [-0.25, -0.2) is 9.13 Å². The molecule has 0 aliphatic rings. The highest BCUT2D eigenvalue weighted by molar-refractivity contribution is 5.25. The first kappa shape index (κ1) is 13.6. The molecule has 1 N–H and O–H groups in total. The van der Waals surface area contributed by atoms with Crippen LogP contribution >= 0.6 is 0 Å². The molecule has 106 valence electrons. The number of aliphatic hydroxyl groups excluding tert-OH is 1. The maximum atomic E-state index is 10.6. The van der Waals surface area contributed by atoms with E-state index in [1.807, 2.05) is 72.7 Å². The number of aliphatic hydroxyl groups is 1. The predicted molar refractivity (Wildman–Crippen MR) is 81.7 cm³/mol. The third-order valence-electron chi connectivity index (χ3n) is 3.58. The maximum Gasteiger partial charge on any atom is 0.244 e. The largest absolute Gasteiger partial charge is 0.380 e. The predicted octanol–water partition coefficient (Wildman–Crippen LogP) is 2.44. The van der Waals surface area contributed by atoms with Gasteiger partial charge in [0.2, 0.25) is 6.33 Å². The summed E-state index contributed by atoms with van der Waals surface area (Å²) in [5.74, 6) is 0. The van der Waals surface area contributed by atoms with Crippen molar-refractivity contribution in [2.45, 2.75) is 12.6 Å². The number of benzene rings is 2. The molecule has 0 aliphatic carbocycles. The average molecular weight is 279 g/mol. The fourth-order valence-corrected chi connectivity index (χ4v) is 2.55. The van der Waals surface area contributed by atoms with Gasteiger partial charge in [0.1, 0.15) is 18.8 Å². The molecule has 0 radical (unpaired) electrons. The van der Waals surface area contributed by atoms with Gasteiger partial charge < -0.3 is 5.11 Å². The zero-order valence-electron chi connectivity index (χ0n) is 12.1. The molecule has 0 unspecified atom stereocenters. The molecule has 3 heteroatoms. The molecule has 0 amide bonds. The quantitative estimate of drug-likeness (QED) is 0.730. The van der Waals surface area contributed by atoms with E-state index in [0.717, 1.165) is 17.8 Å². The summed E-state index contributed by atoms with van der Waals surface area (Å²) in [6, 6.07) is 20.0. The van der Waals surface area contributed by atoms with Gasteiger partial charge in [0.25, 0.3) is 0 Å². The summed E-state index contributed by atoms with van der Waals surface area (Å²) in [6.07, 6.45) is 3.37. The van der Waals surface area contributed by atoms with Crippen molar-refractivity contribution in [2.24, 2.45) is 7.05 Å². The van der Waals surface area contributed by atoms with Crippen molar-refractivity contribution in [3.63, 3.8) is 0 Å². The maximum absolute atomic E-state index is 10.6. The molecule has 1 aromatic heterocycles. The van der Waals surface area contributed by atoms with Crippen LogP contribution in [0.3, 0.4) is 0 Å². The number of nitrogens with zero attached hydrogens (tertiary/aromatic N) is 2. The lowest BCUT2D eigenvalue weighted by atomic mass is 10.1. The first-order valence-electron chi connectivity index (χ1n) is 7.06. The van der Waals surface area contributed by atoms with Gasteiger partial charge in [0.05, 0.1) is 7.05 Å². The van der Waals surface area contributed by atoms with Gasteiger partial charge >= 0.3 is 0 Å². The van der Waals surface area contributed by atoms with Crippen molar-refractivity contribution in [3.8, 4) is 0 Å². The van der Waals surface area contributed by atoms with Gasteiger partial charge in [-0.3, -0.25) is 0 Å². The van der Waals surface area contributed by atoms with Crippen molar-refractivity contribution in [1.29, 1.82) is 0 Å². The van der Waals surface area contributed by atoms with Crippen LogP contribution in [0, 0.1) is 0 Å². The molecule has 0 saturated carbocycles. The highest BCUT2D eigenvalue weighted by atomic mass is 16.3. The molecule has 0 fully saturated rings. The smallest absolute Gasteiger partial charge is 0.244 e. The number of aryl methyl sites for hydroxylation is 1. The van der Waals surface area contributed by atoms with Crippen LogP contribution in [-0.2, 0) is 13.6 Å². The Morgan fingerprint density at radius 3 is 2.29 bits per heavy atom. The first-order valence-corrected chi connectivity index (χ1v) is 7.06. The molecule has 21 heavy (non-hydrogen) atoms. The lowest BCUT2D eigenvalue weighted by Crippen LogP contribution is -2.23. The van der Waals surface area contributed by atoms with E-state index >= 15 is 0 Å². The Hall–Kier alpha value is -2.39. The van der Waals surface area contributed by atoms with E-state index in [1.165, 1.54) is 5.56 Å². The van der Waals surface area contributed by atoms with Crippen LogP contribution < -0.4 is 4.57 Å². The number of rotatable bonds is 4. The number of hydrogen-bond acceptors (Lipinski definition) is 1. The average Bonchev–Trinajstić information content (AvgIpc) is 2.89. The van der Waals surface area contributed by atoms with E-state index < -0.39 is 6.10 Å². The Bertz CT molecular complexity index is 705. The second-order valence-electron chi connectivity index (χ2n) is 5.26. The van der Waals surface area contributed by atoms with Crippen LogP contribution in [0.4, 0.5) is 0 Å². The second kappa shape index (κ2) is 5.94. The summed E-state index contributed by atoms with van der Waals surface area (Å²) in [4.78, 5) is 0.